The van der Waals surface area contributed by atoms with Gasteiger partial charge in [0.2, 0.25) is 5.91 Å². The van der Waals surface area contributed by atoms with Crippen molar-refractivity contribution in [3.63, 3.8) is 0 Å². The highest BCUT2D eigenvalue weighted by atomic mass is 16.1. The Kier molecular flexibility index (Phi) is 4.31. The van der Waals surface area contributed by atoms with Crippen LogP contribution in [-0.4, -0.2) is 18.0 Å². The number of hydrogen-bond donors (Lipinski definition) is 2. The van der Waals surface area contributed by atoms with Crippen LogP contribution in [0.25, 0.3) is 0 Å². The summed E-state index contributed by atoms with van der Waals surface area (Å²) in [7, 11) is 0. The van der Waals surface area contributed by atoms with E-state index in [1.54, 1.807) is 0 Å². The molecule has 3 heteroatoms. The van der Waals surface area contributed by atoms with Crippen LogP contribution in [0.2, 0.25) is 0 Å². The third-order valence-electron chi connectivity index (χ3n) is 4.56. The molecule has 18 heavy (non-hydrogen) atoms. The summed E-state index contributed by atoms with van der Waals surface area (Å²) in [5.41, 5.74) is 5.30. The Balaban J connectivity index is 1.95. The second kappa shape index (κ2) is 5.60. The number of amides is 1. The molecule has 2 unspecified atom stereocenters. The summed E-state index contributed by atoms with van der Waals surface area (Å²) >= 11 is 0. The molecule has 0 spiro atoms. The maximum atomic E-state index is 11.9. The Morgan fingerprint density at radius 3 is 2.61 bits per heavy atom. The lowest BCUT2D eigenvalue weighted by Crippen LogP contribution is -2.58. The van der Waals surface area contributed by atoms with Crippen molar-refractivity contribution >= 4 is 5.91 Å². The van der Waals surface area contributed by atoms with Gasteiger partial charge in [0.1, 0.15) is 0 Å². The van der Waals surface area contributed by atoms with Gasteiger partial charge in [0.05, 0.1) is 5.54 Å². The van der Waals surface area contributed by atoms with Gasteiger partial charge in [0.25, 0.3) is 0 Å². The first-order valence-corrected chi connectivity index (χ1v) is 7.57. The van der Waals surface area contributed by atoms with Crippen molar-refractivity contribution in [2.75, 3.05) is 6.54 Å². The average Bonchev–Trinajstić information content (AvgIpc) is 3.09. The normalized spacial score (nSPS) is 32.7. The van der Waals surface area contributed by atoms with Crippen LogP contribution in [0, 0.1) is 17.8 Å². The van der Waals surface area contributed by atoms with Crippen molar-refractivity contribution in [2.45, 2.75) is 64.3 Å². The van der Waals surface area contributed by atoms with Crippen LogP contribution in [0.15, 0.2) is 0 Å². The van der Waals surface area contributed by atoms with Crippen molar-refractivity contribution < 1.29 is 4.79 Å². The fraction of sp³-hybridized carbons (Fsp3) is 0.933. The molecule has 2 aliphatic carbocycles. The van der Waals surface area contributed by atoms with E-state index >= 15 is 0 Å². The summed E-state index contributed by atoms with van der Waals surface area (Å²) in [6.45, 7) is 5.51. The first-order chi connectivity index (χ1) is 8.52. The minimum Gasteiger partial charge on any atom is -0.368 e. The lowest BCUT2D eigenvalue weighted by molar-refractivity contribution is -0.126. The summed E-state index contributed by atoms with van der Waals surface area (Å²) in [6.07, 6.45) is 8.14. The van der Waals surface area contributed by atoms with Gasteiger partial charge in [-0.25, -0.2) is 0 Å². The predicted molar refractivity (Wildman–Crippen MR) is 74.1 cm³/mol. The zero-order chi connectivity index (χ0) is 13.2. The van der Waals surface area contributed by atoms with Gasteiger partial charge >= 0.3 is 0 Å². The summed E-state index contributed by atoms with van der Waals surface area (Å²) in [5.74, 6) is 2.04. The minimum absolute atomic E-state index is 0.128. The molecule has 0 aliphatic heterocycles. The molecule has 2 rings (SSSR count). The lowest BCUT2D eigenvalue weighted by Gasteiger charge is -2.40. The monoisotopic (exact) mass is 252 g/mol. The van der Waals surface area contributed by atoms with E-state index in [-0.39, 0.29) is 5.91 Å². The van der Waals surface area contributed by atoms with Gasteiger partial charge in [-0.3, -0.25) is 4.79 Å². The molecule has 0 radical (unpaired) electrons. The van der Waals surface area contributed by atoms with Crippen LogP contribution < -0.4 is 11.1 Å². The predicted octanol–water partition coefficient (Wildman–Crippen LogP) is 2.45. The van der Waals surface area contributed by atoms with Crippen molar-refractivity contribution in [3.8, 4) is 0 Å². The van der Waals surface area contributed by atoms with E-state index in [1.165, 1.54) is 25.7 Å². The fourth-order valence-corrected chi connectivity index (χ4v) is 3.39. The molecule has 3 N–H and O–H groups in total. The van der Waals surface area contributed by atoms with Crippen molar-refractivity contribution in [3.05, 3.63) is 0 Å². The zero-order valence-corrected chi connectivity index (χ0v) is 11.9. The molecule has 2 fully saturated rings. The summed E-state index contributed by atoms with van der Waals surface area (Å²) in [6, 6.07) is 0. The van der Waals surface area contributed by atoms with E-state index in [1.807, 2.05) is 0 Å². The molecule has 104 valence electrons. The van der Waals surface area contributed by atoms with Gasteiger partial charge in [-0.05, 0) is 56.4 Å². The van der Waals surface area contributed by atoms with Gasteiger partial charge in [0, 0.05) is 0 Å². The van der Waals surface area contributed by atoms with Crippen LogP contribution in [0.4, 0.5) is 0 Å². The van der Waals surface area contributed by atoms with E-state index in [4.69, 9.17) is 5.73 Å². The third kappa shape index (κ3) is 3.47. The zero-order valence-electron chi connectivity index (χ0n) is 11.9. The Bertz CT molecular complexity index is 299. The van der Waals surface area contributed by atoms with Crippen LogP contribution >= 0.6 is 0 Å². The summed E-state index contributed by atoms with van der Waals surface area (Å²) in [5, 5.41) is 3.53. The molecular weight excluding hydrogens is 224 g/mol. The molecule has 0 aromatic carbocycles. The van der Waals surface area contributed by atoms with Crippen molar-refractivity contribution in [1.82, 2.24) is 5.32 Å². The van der Waals surface area contributed by atoms with Gasteiger partial charge in [-0.15, -0.1) is 0 Å². The largest absolute Gasteiger partial charge is 0.368 e. The highest BCUT2D eigenvalue weighted by Gasteiger charge is 2.41. The number of primary amides is 1. The quantitative estimate of drug-likeness (QED) is 0.763. The van der Waals surface area contributed by atoms with Gasteiger partial charge in [-0.2, -0.15) is 0 Å². The molecule has 1 amide bonds. The fourth-order valence-electron chi connectivity index (χ4n) is 3.39. The number of carbonyl (C=O) groups is 1. The molecule has 0 saturated heterocycles. The van der Waals surface area contributed by atoms with Crippen molar-refractivity contribution in [1.29, 1.82) is 0 Å². The third-order valence-corrected chi connectivity index (χ3v) is 4.56. The molecule has 0 bridgehead atoms. The number of rotatable bonds is 6. The second-order valence-corrected chi connectivity index (χ2v) is 6.86. The molecule has 3 nitrogen and oxygen atoms in total. The second-order valence-electron chi connectivity index (χ2n) is 6.86. The molecule has 0 heterocycles. The topological polar surface area (TPSA) is 55.1 Å². The van der Waals surface area contributed by atoms with Gasteiger partial charge in [0.15, 0.2) is 0 Å². The summed E-state index contributed by atoms with van der Waals surface area (Å²) in [4.78, 5) is 11.9. The molecule has 2 atom stereocenters. The van der Waals surface area contributed by atoms with Crippen LogP contribution in [0.1, 0.15) is 58.8 Å². The van der Waals surface area contributed by atoms with Gasteiger partial charge < -0.3 is 11.1 Å². The standard InChI is InChI=1S/C15H28N2O/c1-11(2)8-13-4-3-7-15(9-13,14(16)18)17-10-12-5-6-12/h11-13,17H,3-10H2,1-2H3,(H2,16,18). The van der Waals surface area contributed by atoms with E-state index in [9.17, 15) is 4.79 Å². The number of nitrogens with two attached hydrogens (primary N) is 1. The Hall–Kier alpha value is -0.570. The Morgan fingerprint density at radius 1 is 1.33 bits per heavy atom. The SMILES string of the molecule is CC(C)CC1CCCC(NCC2CC2)(C(N)=O)C1. The van der Waals surface area contributed by atoms with E-state index < -0.39 is 5.54 Å². The van der Waals surface area contributed by atoms with E-state index in [2.05, 4.69) is 19.2 Å². The highest BCUT2D eigenvalue weighted by molar-refractivity contribution is 5.84. The van der Waals surface area contributed by atoms with Crippen LogP contribution in [0.5, 0.6) is 0 Å². The Labute approximate surface area is 111 Å². The molecule has 0 aromatic rings. The first kappa shape index (κ1) is 13.9. The minimum atomic E-state index is -0.402. The van der Waals surface area contributed by atoms with Gasteiger partial charge in [-0.1, -0.05) is 26.7 Å². The van der Waals surface area contributed by atoms with Crippen LogP contribution in [-0.2, 0) is 4.79 Å². The maximum absolute atomic E-state index is 11.9. The summed E-state index contributed by atoms with van der Waals surface area (Å²) < 4.78 is 0. The Morgan fingerprint density at radius 2 is 2.06 bits per heavy atom. The number of nitrogens with one attached hydrogen (secondary N) is 1. The van der Waals surface area contributed by atoms with Crippen molar-refractivity contribution in [2.24, 2.45) is 23.5 Å². The van der Waals surface area contributed by atoms with E-state index in [0.29, 0.717) is 11.8 Å². The van der Waals surface area contributed by atoms with Crippen LogP contribution in [0.3, 0.4) is 0 Å². The number of carbonyl (C=O) groups excluding carboxylic acids is 1. The van der Waals surface area contributed by atoms with E-state index in [0.717, 1.165) is 31.7 Å². The average molecular weight is 252 g/mol. The molecule has 0 aromatic heterocycles. The number of hydrogen-bond acceptors (Lipinski definition) is 2. The molecular formula is C15H28N2O. The first-order valence-electron chi connectivity index (χ1n) is 7.57. The molecule has 2 aliphatic rings. The molecule has 2 saturated carbocycles. The maximum Gasteiger partial charge on any atom is 0.237 e. The lowest BCUT2D eigenvalue weighted by atomic mass is 9.72. The highest BCUT2D eigenvalue weighted by Crippen LogP contribution is 2.37. The smallest absolute Gasteiger partial charge is 0.237 e.